The van der Waals surface area contributed by atoms with Crippen molar-refractivity contribution in [3.05, 3.63) is 48.2 Å². The van der Waals surface area contributed by atoms with Gasteiger partial charge < -0.3 is 30.0 Å². The molecule has 1 saturated heterocycles. The molecule has 1 aliphatic rings. The van der Waals surface area contributed by atoms with Crippen LogP contribution in [-0.4, -0.2) is 77.7 Å². The van der Waals surface area contributed by atoms with Gasteiger partial charge in [0.05, 0.1) is 48.2 Å². The van der Waals surface area contributed by atoms with Crippen molar-refractivity contribution in [2.75, 3.05) is 52.3 Å². The van der Waals surface area contributed by atoms with E-state index >= 15 is 0 Å². The van der Waals surface area contributed by atoms with Crippen LogP contribution in [0.2, 0.25) is 0 Å². The van der Waals surface area contributed by atoms with Gasteiger partial charge in [-0.2, -0.15) is 5.26 Å². The second-order valence-electron chi connectivity index (χ2n) is 9.53. The fourth-order valence-electron chi connectivity index (χ4n) is 3.82. The van der Waals surface area contributed by atoms with Crippen LogP contribution in [-0.2, 0) is 14.3 Å². The highest BCUT2D eigenvalue weighted by atomic mass is 19.1. The zero-order chi connectivity index (χ0) is 27.1. The number of carbonyl (C=O) groups excluding carboxylic acids is 1. The Bertz CT molecular complexity index is 1280. The number of hydrogen-bond acceptors (Lipinski definition) is 9. The summed E-state index contributed by atoms with van der Waals surface area (Å²) in [6, 6.07) is 9.77. The number of carbonyl (C=O) groups is 1. The Kier molecular flexibility index (Phi) is 8.62. The maximum absolute atomic E-state index is 13.6. The van der Waals surface area contributed by atoms with E-state index in [4.69, 9.17) is 19.7 Å². The zero-order valence-corrected chi connectivity index (χ0v) is 21.6. The molecule has 0 saturated carbocycles. The number of amides is 1. The quantitative estimate of drug-likeness (QED) is 0.343. The monoisotopic (exact) mass is 522 g/mol. The molecule has 3 heterocycles. The fourth-order valence-corrected chi connectivity index (χ4v) is 3.82. The second kappa shape index (κ2) is 12.1. The number of H-pyrrole nitrogens is 1. The summed E-state index contributed by atoms with van der Waals surface area (Å²) in [5, 5.41) is 14.6. The normalized spacial score (nSPS) is 19.2. The van der Waals surface area contributed by atoms with Crippen LogP contribution in [0, 0.1) is 22.6 Å². The third kappa shape index (κ3) is 6.49. The van der Waals surface area contributed by atoms with Crippen molar-refractivity contribution in [1.29, 1.82) is 5.26 Å². The van der Waals surface area contributed by atoms with Crippen molar-refractivity contribution in [3.8, 4) is 28.7 Å². The summed E-state index contributed by atoms with van der Waals surface area (Å²) < 4.78 is 25.5. The molecular formula is C26H31FN8O3. The number of nitrogens with zero attached hydrogens (tertiary/aromatic N) is 5. The summed E-state index contributed by atoms with van der Waals surface area (Å²) in [5.74, 6) is 0.265. The van der Waals surface area contributed by atoms with E-state index in [2.05, 4.69) is 30.5 Å². The molecule has 1 aliphatic heterocycles. The number of nitrogens with one attached hydrogen (secondary N) is 3. The fraction of sp³-hybridized carbons (Fsp3) is 0.423. The zero-order valence-electron chi connectivity index (χ0n) is 21.6. The Labute approximate surface area is 220 Å². The molecule has 0 aliphatic carbocycles. The summed E-state index contributed by atoms with van der Waals surface area (Å²) >= 11 is 0. The number of likely N-dealkylation sites (N-methyl/N-ethyl adjacent to an activating group) is 1. The predicted octanol–water partition coefficient (Wildman–Crippen LogP) is 2.73. The second-order valence-corrected chi connectivity index (χ2v) is 9.53. The van der Waals surface area contributed by atoms with E-state index in [9.17, 15) is 9.18 Å². The minimum atomic E-state index is -0.902. The van der Waals surface area contributed by atoms with Gasteiger partial charge in [0, 0.05) is 31.4 Å². The minimum absolute atomic E-state index is 0.103. The van der Waals surface area contributed by atoms with Gasteiger partial charge in [0.2, 0.25) is 18.1 Å². The van der Waals surface area contributed by atoms with Gasteiger partial charge in [-0.05, 0) is 51.4 Å². The lowest BCUT2D eigenvalue weighted by molar-refractivity contribution is -0.231. The Morgan fingerprint density at radius 2 is 1.95 bits per heavy atom. The number of aromatic amines is 1. The van der Waals surface area contributed by atoms with E-state index in [0.717, 1.165) is 6.54 Å². The highest BCUT2D eigenvalue weighted by Gasteiger charge is 2.40. The highest BCUT2D eigenvalue weighted by molar-refractivity contribution is 5.82. The predicted molar refractivity (Wildman–Crippen MR) is 138 cm³/mol. The minimum Gasteiger partial charge on any atom is -0.354 e. The summed E-state index contributed by atoms with van der Waals surface area (Å²) in [6.45, 7) is 3.70. The molecule has 38 heavy (non-hydrogen) atoms. The first-order valence-electron chi connectivity index (χ1n) is 12.3. The summed E-state index contributed by atoms with van der Waals surface area (Å²) in [4.78, 5) is 31.6. The molecule has 3 N–H and O–H groups in total. The molecule has 0 atom stereocenters. The smallest absolute Gasteiger partial charge is 0.230 e. The van der Waals surface area contributed by atoms with Gasteiger partial charge in [-0.3, -0.25) is 4.79 Å². The number of halogens is 1. The maximum Gasteiger partial charge on any atom is 0.230 e. The van der Waals surface area contributed by atoms with Gasteiger partial charge in [0.1, 0.15) is 5.82 Å². The van der Waals surface area contributed by atoms with Crippen LogP contribution in [0.1, 0.15) is 25.5 Å². The van der Waals surface area contributed by atoms with E-state index in [1.807, 2.05) is 20.2 Å². The number of nitriles is 1. The molecule has 0 radical (unpaired) electrons. The molecule has 200 valence electrons. The van der Waals surface area contributed by atoms with Crippen LogP contribution < -0.4 is 10.6 Å². The van der Waals surface area contributed by atoms with Crippen LogP contribution in [0.4, 0.5) is 10.3 Å². The van der Waals surface area contributed by atoms with Crippen LogP contribution in [0.5, 0.6) is 0 Å². The van der Waals surface area contributed by atoms with E-state index in [1.54, 1.807) is 31.3 Å². The van der Waals surface area contributed by atoms with Crippen molar-refractivity contribution in [2.45, 2.75) is 19.6 Å². The first-order chi connectivity index (χ1) is 18.3. The molecule has 0 bridgehead atoms. The van der Waals surface area contributed by atoms with Gasteiger partial charge >= 0.3 is 0 Å². The number of anilines is 1. The first kappa shape index (κ1) is 27.1. The number of rotatable bonds is 10. The topological polar surface area (TPSA) is 141 Å². The number of ether oxygens (including phenoxy) is 2. The summed E-state index contributed by atoms with van der Waals surface area (Å²) in [7, 11) is 3.97. The number of imidazole rings is 1. The number of hydrogen-bond donors (Lipinski definition) is 3. The molecular weight excluding hydrogens is 491 g/mol. The molecule has 2 aromatic heterocycles. The largest absolute Gasteiger partial charge is 0.354 e. The van der Waals surface area contributed by atoms with Gasteiger partial charge in [-0.15, -0.1) is 0 Å². The Hall–Kier alpha value is -3.92. The molecule has 4 rings (SSSR count). The molecule has 1 amide bonds. The Morgan fingerprint density at radius 1 is 1.21 bits per heavy atom. The first-order valence-corrected chi connectivity index (χ1v) is 12.3. The Balaban J connectivity index is 1.58. The third-order valence-corrected chi connectivity index (χ3v) is 5.99. The van der Waals surface area contributed by atoms with Gasteiger partial charge in [-0.1, -0.05) is 0 Å². The summed E-state index contributed by atoms with van der Waals surface area (Å²) in [6.07, 6.45) is 1.03. The Morgan fingerprint density at radius 3 is 2.63 bits per heavy atom. The SMILES string of the molecule is CN(C)CCNc1nccc(-c2[nH]c(C3OCC(C)(C(=O)NCCC#N)CO3)nc2-c2ccc(F)cc2)n1. The van der Waals surface area contributed by atoms with E-state index in [1.165, 1.54) is 12.1 Å². The maximum atomic E-state index is 13.6. The van der Waals surface area contributed by atoms with Crippen molar-refractivity contribution in [2.24, 2.45) is 5.41 Å². The van der Waals surface area contributed by atoms with Crippen molar-refractivity contribution >= 4 is 11.9 Å². The highest BCUT2D eigenvalue weighted by Crippen LogP contribution is 2.35. The van der Waals surface area contributed by atoms with Crippen LogP contribution in [0.15, 0.2) is 36.5 Å². The molecule has 1 aromatic carbocycles. The van der Waals surface area contributed by atoms with Gasteiger partial charge in [0.25, 0.3) is 0 Å². The average molecular weight is 523 g/mol. The van der Waals surface area contributed by atoms with Gasteiger partial charge in [-0.25, -0.2) is 19.3 Å². The standard InChI is InChI=1S/C26H31FN8O3/c1-26(24(36)29-11-4-10-28)15-37-23(38-16-26)22-33-20(17-5-7-18(27)8-6-17)21(34-22)19-9-12-30-25(32-19)31-13-14-35(2)3/h5-9,12,23H,4,11,13-16H2,1-3H3,(H,29,36)(H,33,34)(H,30,31,32). The summed E-state index contributed by atoms with van der Waals surface area (Å²) in [5.41, 5.74) is 1.51. The lowest BCUT2D eigenvalue weighted by Crippen LogP contribution is -2.48. The number of benzene rings is 1. The molecule has 0 spiro atoms. The molecule has 12 heteroatoms. The van der Waals surface area contributed by atoms with Gasteiger partial charge in [0.15, 0.2) is 5.82 Å². The van der Waals surface area contributed by atoms with Crippen LogP contribution in [0.25, 0.3) is 22.6 Å². The lowest BCUT2D eigenvalue weighted by Gasteiger charge is -2.35. The lowest BCUT2D eigenvalue weighted by atomic mass is 9.91. The molecule has 3 aromatic rings. The van der Waals surface area contributed by atoms with Crippen molar-refractivity contribution in [3.63, 3.8) is 0 Å². The number of aromatic nitrogens is 4. The van der Waals surface area contributed by atoms with E-state index in [0.29, 0.717) is 41.0 Å². The van der Waals surface area contributed by atoms with Crippen molar-refractivity contribution in [1.82, 2.24) is 30.2 Å². The molecule has 1 fully saturated rings. The molecule has 11 nitrogen and oxygen atoms in total. The molecule has 0 unspecified atom stereocenters. The van der Waals surface area contributed by atoms with Crippen molar-refractivity contribution < 1.29 is 18.7 Å². The van der Waals surface area contributed by atoms with E-state index in [-0.39, 0.29) is 37.9 Å². The van der Waals surface area contributed by atoms with Crippen LogP contribution in [0.3, 0.4) is 0 Å². The van der Waals surface area contributed by atoms with Crippen LogP contribution >= 0.6 is 0 Å². The third-order valence-electron chi connectivity index (χ3n) is 5.99. The van der Waals surface area contributed by atoms with E-state index < -0.39 is 11.7 Å². The average Bonchev–Trinajstić information content (AvgIpc) is 3.35.